The van der Waals surface area contributed by atoms with Gasteiger partial charge in [-0.25, -0.2) is 9.37 Å². The molecule has 0 bridgehead atoms. The van der Waals surface area contributed by atoms with Gasteiger partial charge in [0.15, 0.2) is 0 Å². The van der Waals surface area contributed by atoms with Crippen LogP contribution in [-0.4, -0.2) is 124 Å². The van der Waals surface area contributed by atoms with Gasteiger partial charge in [-0.2, -0.15) is 13.2 Å². The third-order valence-corrected chi connectivity index (χ3v) is 15.9. The number of amides is 5. The molecule has 6 aromatic rings. The summed E-state index contributed by atoms with van der Waals surface area (Å²) in [6, 6.07) is 16.1. The van der Waals surface area contributed by atoms with Crippen molar-refractivity contribution in [3.05, 3.63) is 140 Å². The van der Waals surface area contributed by atoms with Gasteiger partial charge >= 0.3 is 6.18 Å². The molecule has 0 spiro atoms. The molecule has 2 fully saturated rings. The minimum absolute atomic E-state index is 0.00729. The van der Waals surface area contributed by atoms with Crippen molar-refractivity contribution in [2.75, 3.05) is 50.0 Å². The van der Waals surface area contributed by atoms with Gasteiger partial charge in [0, 0.05) is 80.7 Å². The Bertz CT molecular complexity index is 3320. The summed E-state index contributed by atoms with van der Waals surface area (Å²) in [5.41, 5.74) is 2.33. The van der Waals surface area contributed by atoms with E-state index in [1.165, 1.54) is 34.4 Å². The molecule has 3 aromatic carbocycles. The van der Waals surface area contributed by atoms with E-state index in [0.29, 0.717) is 60.9 Å². The van der Waals surface area contributed by atoms with E-state index >= 15 is 4.39 Å². The first kappa shape index (κ1) is 59.4. The maximum absolute atomic E-state index is 15.7. The summed E-state index contributed by atoms with van der Waals surface area (Å²) in [7, 11) is 1.98. The zero-order valence-electron chi connectivity index (χ0n) is 45.9. The zero-order valence-corrected chi connectivity index (χ0v) is 46.8. The lowest BCUT2D eigenvalue weighted by Gasteiger charge is -2.44. The number of benzene rings is 3. The van der Waals surface area contributed by atoms with Crippen molar-refractivity contribution in [2.24, 2.45) is 5.92 Å². The van der Waals surface area contributed by atoms with E-state index in [4.69, 9.17) is 4.52 Å². The number of hydrogen-bond donors (Lipinski definition) is 6. The number of likely N-dealkylation sites (N-methyl/N-ethyl adjacent to an activating group) is 1. The first-order valence-electron chi connectivity index (χ1n) is 26.8. The number of likely N-dealkylation sites (tertiary alicyclic amines) is 1. The molecule has 2 aliphatic rings. The van der Waals surface area contributed by atoms with Crippen molar-refractivity contribution >= 4 is 52.2 Å². The van der Waals surface area contributed by atoms with E-state index < -0.39 is 70.5 Å². The molecule has 2 aliphatic heterocycles. The predicted octanol–water partition coefficient (Wildman–Crippen LogP) is 7.98. The number of alkyl halides is 3. The molecule has 2 saturated heterocycles. The number of hydrogen-bond acceptors (Lipinski definition) is 13. The highest BCUT2D eigenvalue weighted by Gasteiger charge is 2.44. The second-order valence-corrected chi connectivity index (χ2v) is 22.1. The highest BCUT2D eigenvalue weighted by atomic mass is 32.1. The van der Waals surface area contributed by atoms with Crippen LogP contribution < -0.4 is 31.7 Å². The fourth-order valence-corrected chi connectivity index (χ4v) is 11.2. The van der Waals surface area contributed by atoms with Gasteiger partial charge in [-0.15, -0.1) is 11.3 Å². The Balaban J connectivity index is 0.909. The number of nitrogens with one attached hydrogen (secondary N) is 5. The highest BCUT2D eigenvalue weighted by molar-refractivity contribution is 7.13. The minimum atomic E-state index is -5.02. The van der Waals surface area contributed by atoms with E-state index in [0.717, 1.165) is 22.2 Å². The fraction of sp³-hybridized carbons (Fsp3) is 0.414. The number of aromatic nitrogens is 3. The molecule has 6 atom stereocenters. The number of anilines is 2. The average Bonchev–Trinajstić information content (AvgIpc) is 4.24. The third-order valence-electron chi connectivity index (χ3n) is 14.9. The number of carbonyl (C=O) groups is 5. The summed E-state index contributed by atoms with van der Waals surface area (Å²) < 4.78 is 63.4. The summed E-state index contributed by atoms with van der Waals surface area (Å²) in [5.74, 6) is -4.30. The van der Waals surface area contributed by atoms with Crippen molar-refractivity contribution in [1.29, 1.82) is 0 Å². The quantitative estimate of drug-likeness (QED) is 0.0335. The van der Waals surface area contributed by atoms with Crippen LogP contribution in [0, 0.1) is 25.6 Å². The van der Waals surface area contributed by atoms with Crippen LogP contribution in [0.4, 0.5) is 28.9 Å². The van der Waals surface area contributed by atoms with E-state index in [2.05, 4.69) is 41.3 Å². The molecule has 3 aromatic heterocycles. The second kappa shape index (κ2) is 25.4. The topological polar surface area (TPSA) is 235 Å². The van der Waals surface area contributed by atoms with Crippen molar-refractivity contribution in [3.63, 3.8) is 0 Å². The summed E-state index contributed by atoms with van der Waals surface area (Å²) in [4.78, 5) is 94.0. The minimum Gasteiger partial charge on any atom is -0.391 e. The van der Waals surface area contributed by atoms with Crippen LogP contribution in [0.2, 0.25) is 0 Å². The molecule has 6 N–H and O–H groups in total. The molecule has 8 rings (SSSR count). The van der Waals surface area contributed by atoms with Crippen LogP contribution in [0.25, 0.3) is 21.6 Å². The highest BCUT2D eigenvalue weighted by Crippen LogP contribution is 2.38. The van der Waals surface area contributed by atoms with Gasteiger partial charge in [-0.1, -0.05) is 49.3 Å². The molecule has 0 saturated carbocycles. The van der Waals surface area contributed by atoms with Crippen LogP contribution in [-0.2, 0) is 20.6 Å². The number of aliphatic hydroxyl groups is 1. The van der Waals surface area contributed by atoms with Crippen molar-refractivity contribution in [1.82, 2.24) is 40.9 Å². The second-order valence-electron chi connectivity index (χ2n) is 21.2. The number of aromatic amines is 1. The van der Waals surface area contributed by atoms with E-state index in [9.17, 15) is 47.0 Å². The number of aliphatic hydroxyl groups excluding tert-OH is 1. The standard InChI is InChI=1S/C58H66F4N10O8S/c1-31(2)52(49-20-32(3)69-80-49)57(79)72-29-40(73)23-48(72)56(78)67-45(36-10-12-37(13-11-36)53-35(6)66-30-81-53)25-51(75)63-18-8-9-19-64-54(76)39-14-16-44(59)41(21-39)38-15-17-47(71-27-33(4)70(7)34(5)28-71)46(22-38)68-55(77)42-26-65-50(74)24-43(42)58(60,61)62/h10-17,20-22,24,26,30-31,33-34,40,45,48,52,73H,8-9,18-19,23,25,27-29H2,1-7H3,(H,63,75)(H,64,76)(H,65,74)(H,67,78)(H,68,77)/t33-,34+,40-,45?,48+,52?/m1/s1. The molecule has 430 valence electrons. The van der Waals surface area contributed by atoms with Crippen molar-refractivity contribution in [3.8, 4) is 21.6 Å². The molecule has 0 radical (unpaired) electrons. The smallest absolute Gasteiger partial charge is 0.391 e. The molecule has 5 amide bonds. The lowest BCUT2D eigenvalue weighted by atomic mass is 9.91. The first-order chi connectivity index (χ1) is 38.5. The van der Waals surface area contributed by atoms with Crippen LogP contribution in [0.15, 0.2) is 93.8 Å². The molecular formula is C58H66F4N10O8S. The molecule has 0 aliphatic carbocycles. The van der Waals surface area contributed by atoms with Crippen LogP contribution in [0.3, 0.4) is 0 Å². The Kier molecular flexibility index (Phi) is 18.6. The number of halogens is 4. The third kappa shape index (κ3) is 14.1. The van der Waals surface area contributed by atoms with Crippen molar-refractivity contribution < 1.29 is 51.2 Å². The van der Waals surface area contributed by atoms with Gasteiger partial charge in [0.25, 0.3) is 11.8 Å². The Morgan fingerprint density at radius 3 is 2.22 bits per heavy atom. The molecule has 81 heavy (non-hydrogen) atoms. The van der Waals surface area contributed by atoms with E-state index in [1.54, 1.807) is 30.6 Å². The SMILES string of the molecule is Cc1cc(C(C(=O)N2C[C@H](O)C[C@H]2C(=O)NC(CC(=O)NCCCCNC(=O)c2ccc(F)c(-c3ccc(N4C[C@@H](C)N(C)[C@@H](C)C4)c(NC(=O)c4c[nH]c(=O)cc4C(F)(F)F)c3)c2)c2ccc(-c3scnc3C)cc2)C(C)C)on1. The average molecular weight is 1140 g/mol. The first-order valence-corrected chi connectivity index (χ1v) is 27.6. The number of aryl methyl sites for hydroxylation is 2. The molecule has 18 nitrogen and oxygen atoms in total. The van der Waals surface area contributed by atoms with Gasteiger partial charge in [0.2, 0.25) is 23.3 Å². The molecule has 5 heterocycles. The number of unbranched alkanes of at least 4 members (excludes halogenated alkanes) is 1. The van der Waals surface area contributed by atoms with Gasteiger partial charge < -0.3 is 45.7 Å². The molecule has 23 heteroatoms. The van der Waals surface area contributed by atoms with Crippen LogP contribution >= 0.6 is 11.3 Å². The van der Waals surface area contributed by atoms with Gasteiger partial charge in [-0.3, -0.25) is 33.7 Å². The fourth-order valence-electron chi connectivity index (χ4n) is 10.4. The van der Waals surface area contributed by atoms with Crippen LogP contribution in [0.1, 0.15) is 114 Å². The zero-order chi connectivity index (χ0) is 58.4. The Morgan fingerprint density at radius 2 is 1.58 bits per heavy atom. The van der Waals surface area contributed by atoms with Crippen molar-refractivity contribution in [2.45, 2.75) is 110 Å². The van der Waals surface area contributed by atoms with Crippen LogP contribution in [0.5, 0.6) is 0 Å². The summed E-state index contributed by atoms with van der Waals surface area (Å²) in [6.07, 6.45) is -4.59. The number of thiazole rings is 1. The lowest BCUT2D eigenvalue weighted by Crippen LogP contribution is -2.55. The van der Waals surface area contributed by atoms with Gasteiger partial charge in [0.1, 0.15) is 23.5 Å². The van der Waals surface area contributed by atoms with E-state index in [1.807, 2.05) is 70.8 Å². The van der Waals surface area contributed by atoms with Gasteiger partial charge in [0.05, 0.1) is 62.8 Å². The summed E-state index contributed by atoms with van der Waals surface area (Å²) in [5, 5.41) is 26.1. The molecule has 2 unspecified atom stereocenters. The Labute approximate surface area is 469 Å². The summed E-state index contributed by atoms with van der Waals surface area (Å²) >= 11 is 1.49. The maximum Gasteiger partial charge on any atom is 0.417 e. The number of piperazine rings is 1. The number of pyridine rings is 1. The van der Waals surface area contributed by atoms with Gasteiger partial charge in [-0.05, 0) is 101 Å². The number of β-amino-alcohol motifs (C(OH)–C–C–N with tert-alkyl or cyclic N) is 1. The predicted molar refractivity (Wildman–Crippen MR) is 298 cm³/mol. The Hall–Kier alpha value is -7.76. The monoisotopic (exact) mass is 1140 g/mol. The Morgan fingerprint density at radius 1 is 0.889 bits per heavy atom. The van der Waals surface area contributed by atoms with E-state index in [-0.39, 0.29) is 84.7 Å². The summed E-state index contributed by atoms with van der Waals surface area (Å²) in [6.45, 7) is 12.7. The lowest BCUT2D eigenvalue weighted by molar-refractivity contribution is -0.141. The molecular weight excluding hydrogens is 1070 g/mol. The number of nitrogens with zero attached hydrogens (tertiary/aromatic N) is 5. The normalized spacial score (nSPS) is 18.4. The number of rotatable bonds is 19. The number of carbonyl (C=O) groups excluding carboxylic acids is 5. The number of H-pyrrole nitrogens is 1. The maximum atomic E-state index is 15.7. The largest absolute Gasteiger partial charge is 0.417 e.